The molecular formula is C17H16FN7OS. The number of nitrogens with zero attached hydrogens (tertiary/aromatic N) is 4. The fourth-order valence-corrected chi connectivity index (χ4v) is 2.60. The number of rotatable bonds is 7. The van der Waals surface area contributed by atoms with Crippen molar-refractivity contribution < 1.29 is 9.18 Å². The van der Waals surface area contributed by atoms with Crippen LogP contribution < -0.4 is 10.7 Å². The zero-order valence-electron chi connectivity index (χ0n) is 14.3. The maximum absolute atomic E-state index is 12.9. The maximum atomic E-state index is 12.9. The predicted molar refractivity (Wildman–Crippen MR) is 102 cm³/mol. The van der Waals surface area contributed by atoms with Gasteiger partial charge in [-0.1, -0.05) is 30.0 Å². The number of thioether (sulfide) groups is 1. The lowest BCUT2D eigenvalue weighted by molar-refractivity contribution is -0.113. The SMILES string of the molecule is C/C(=N\Nc1nc(SCC(=O)Nc2ccccn2)n[nH]1)c1ccc(F)cc1. The Labute approximate surface area is 158 Å². The van der Waals surface area contributed by atoms with E-state index in [0.717, 1.165) is 5.56 Å². The molecule has 0 bridgehead atoms. The molecule has 8 nitrogen and oxygen atoms in total. The molecule has 2 heterocycles. The van der Waals surface area contributed by atoms with Gasteiger partial charge in [0.2, 0.25) is 17.0 Å². The molecule has 0 aliphatic rings. The van der Waals surface area contributed by atoms with Gasteiger partial charge >= 0.3 is 0 Å². The Kier molecular flexibility index (Phi) is 6.10. The second-order valence-electron chi connectivity index (χ2n) is 5.33. The average molecular weight is 385 g/mol. The summed E-state index contributed by atoms with van der Waals surface area (Å²) in [6, 6.07) is 11.3. The van der Waals surface area contributed by atoms with E-state index in [4.69, 9.17) is 0 Å². The normalized spacial score (nSPS) is 11.3. The number of hydrogen-bond donors (Lipinski definition) is 3. The van der Waals surface area contributed by atoms with Crippen LogP contribution in [0.1, 0.15) is 12.5 Å². The summed E-state index contributed by atoms with van der Waals surface area (Å²) in [6.45, 7) is 1.79. The standard InChI is InChI=1S/C17H16FN7OS/c1-11(12-5-7-13(18)8-6-12)22-23-16-21-17(25-24-16)27-10-15(26)20-14-4-2-3-9-19-14/h2-9H,10H2,1H3,(H,19,20,26)(H2,21,23,24,25)/b22-11+. The van der Waals surface area contributed by atoms with Gasteiger partial charge in [-0.15, -0.1) is 5.10 Å². The van der Waals surface area contributed by atoms with Crippen LogP contribution in [0.4, 0.5) is 16.2 Å². The van der Waals surface area contributed by atoms with Crippen LogP contribution in [0, 0.1) is 5.82 Å². The molecule has 0 spiro atoms. The number of nitrogens with one attached hydrogen (secondary N) is 3. The Hall–Kier alpha value is -3.27. The molecule has 10 heteroatoms. The number of hydrazone groups is 1. The first kappa shape index (κ1) is 18.5. The Morgan fingerprint density at radius 1 is 1.26 bits per heavy atom. The van der Waals surface area contributed by atoms with Crippen LogP contribution in [0.5, 0.6) is 0 Å². The van der Waals surface area contributed by atoms with Crippen LogP contribution in [-0.4, -0.2) is 37.5 Å². The lowest BCUT2D eigenvalue weighted by atomic mass is 10.1. The smallest absolute Gasteiger partial charge is 0.240 e. The van der Waals surface area contributed by atoms with Crippen molar-refractivity contribution in [2.45, 2.75) is 12.1 Å². The third-order valence-electron chi connectivity index (χ3n) is 3.32. The molecule has 3 N–H and O–H groups in total. The average Bonchev–Trinajstić information content (AvgIpc) is 3.14. The number of anilines is 2. The van der Waals surface area contributed by atoms with E-state index in [0.29, 0.717) is 22.6 Å². The van der Waals surface area contributed by atoms with Gasteiger partial charge in [0.15, 0.2) is 0 Å². The Bertz CT molecular complexity index is 928. The topological polar surface area (TPSA) is 108 Å². The molecule has 0 atom stereocenters. The number of carbonyl (C=O) groups excluding carboxylic acids is 1. The number of halogens is 1. The Morgan fingerprint density at radius 3 is 2.81 bits per heavy atom. The summed E-state index contributed by atoms with van der Waals surface area (Å²) in [5.41, 5.74) is 4.19. The second kappa shape index (κ2) is 8.90. The highest BCUT2D eigenvalue weighted by molar-refractivity contribution is 7.99. The monoisotopic (exact) mass is 385 g/mol. The minimum Gasteiger partial charge on any atom is -0.310 e. The number of pyridine rings is 1. The lowest BCUT2D eigenvalue weighted by Gasteiger charge is -2.02. The molecule has 0 saturated heterocycles. The third kappa shape index (κ3) is 5.61. The molecule has 0 aliphatic carbocycles. The van der Waals surface area contributed by atoms with Crippen LogP contribution in [0.25, 0.3) is 0 Å². The van der Waals surface area contributed by atoms with E-state index >= 15 is 0 Å². The molecule has 3 rings (SSSR count). The van der Waals surface area contributed by atoms with E-state index in [2.05, 4.69) is 36.0 Å². The first-order chi connectivity index (χ1) is 13.1. The van der Waals surface area contributed by atoms with Crippen molar-refractivity contribution in [3.8, 4) is 0 Å². The molecule has 0 unspecified atom stereocenters. The number of H-pyrrole nitrogens is 1. The Balaban J connectivity index is 1.50. The molecule has 3 aromatic rings. The predicted octanol–water partition coefficient (Wildman–Crippen LogP) is 2.91. The largest absolute Gasteiger partial charge is 0.310 e. The molecular weight excluding hydrogens is 369 g/mol. The first-order valence-electron chi connectivity index (χ1n) is 7.92. The van der Waals surface area contributed by atoms with Crippen molar-refractivity contribution in [1.82, 2.24) is 20.2 Å². The van der Waals surface area contributed by atoms with Gasteiger partial charge in [-0.3, -0.25) is 4.79 Å². The molecule has 27 heavy (non-hydrogen) atoms. The number of benzene rings is 1. The minimum atomic E-state index is -0.302. The van der Waals surface area contributed by atoms with Crippen molar-refractivity contribution in [3.63, 3.8) is 0 Å². The van der Waals surface area contributed by atoms with Crippen molar-refractivity contribution in [3.05, 3.63) is 60.0 Å². The fourth-order valence-electron chi connectivity index (χ4n) is 2.00. The summed E-state index contributed by atoms with van der Waals surface area (Å²) in [6.07, 6.45) is 1.60. The van der Waals surface area contributed by atoms with Crippen LogP contribution >= 0.6 is 11.8 Å². The summed E-state index contributed by atoms with van der Waals surface area (Å²) < 4.78 is 12.9. The highest BCUT2D eigenvalue weighted by atomic mass is 32.2. The summed E-state index contributed by atoms with van der Waals surface area (Å²) in [5.74, 6) is 0.466. The van der Waals surface area contributed by atoms with Gasteiger partial charge in [-0.2, -0.15) is 10.1 Å². The molecule has 2 aromatic heterocycles. The molecule has 1 aromatic carbocycles. The number of hydrogen-bond acceptors (Lipinski definition) is 7. The highest BCUT2D eigenvalue weighted by Crippen LogP contribution is 2.14. The van der Waals surface area contributed by atoms with Gasteiger partial charge in [0.25, 0.3) is 0 Å². The van der Waals surface area contributed by atoms with Gasteiger partial charge in [0.05, 0.1) is 11.5 Å². The van der Waals surface area contributed by atoms with Gasteiger partial charge in [0.1, 0.15) is 11.6 Å². The maximum Gasteiger partial charge on any atom is 0.240 e. The summed E-state index contributed by atoms with van der Waals surface area (Å²) in [5, 5.41) is 14.0. The van der Waals surface area contributed by atoms with Crippen LogP contribution in [0.15, 0.2) is 58.9 Å². The summed E-state index contributed by atoms with van der Waals surface area (Å²) in [7, 11) is 0. The number of aromatic amines is 1. The van der Waals surface area contributed by atoms with Crippen molar-refractivity contribution in [1.29, 1.82) is 0 Å². The van der Waals surface area contributed by atoms with Crippen LogP contribution in [0.3, 0.4) is 0 Å². The second-order valence-corrected chi connectivity index (χ2v) is 6.28. The molecule has 0 radical (unpaired) electrons. The van der Waals surface area contributed by atoms with Gasteiger partial charge in [-0.05, 0) is 36.8 Å². The van der Waals surface area contributed by atoms with Crippen LogP contribution in [-0.2, 0) is 4.79 Å². The van der Waals surface area contributed by atoms with E-state index < -0.39 is 0 Å². The highest BCUT2D eigenvalue weighted by Gasteiger charge is 2.08. The third-order valence-corrected chi connectivity index (χ3v) is 4.17. The zero-order valence-corrected chi connectivity index (χ0v) is 15.1. The summed E-state index contributed by atoms with van der Waals surface area (Å²) in [4.78, 5) is 20.1. The molecule has 0 saturated carbocycles. The van der Waals surface area contributed by atoms with Gasteiger partial charge in [-0.25, -0.2) is 19.9 Å². The minimum absolute atomic E-state index is 0.145. The van der Waals surface area contributed by atoms with E-state index in [1.807, 2.05) is 0 Å². The molecule has 1 amide bonds. The molecule has 138 valence electrons. The van der Waals surface area contributed by atoms with Crippen LogP contribution in [0.2, 0.25) is 0 Å². The van der Waals surface area contributed by atoms with Crippen molar-refractivity contribution in [2.24, 2.45) is 5.10 Å². The Morgan fingerprint density at radius 2 is 2.07 bits per heavy atom. The van der Waals surface area contributed by atoms with Gasteiger partial charge in [0, 0.05) is 6.20 Å². The van der Waals surface area contributed by atoms with Gasteiger partial charge < -0.3 is 5.32 Å². The van der Waals surface area contributed by atoms with Crippen molar-refractivity contribution >= 4 is 35.1 Å². The number of carbonyl (C=O) groups is 1. The van der Waals surface area contributed by atoms with E-state index in [1.54, 1.807) is 43.5 Å². The zero-order chi connectivity index (χ0) is 19.1. The van der Waals surface area contributed by atoms with E-state index in [-0.39, 0.29) is 17.5 Å². The van der Waals surface area contributed by atoms with E-state index in [9.17, 15) is 9.18 Å². The number of amides is 1. The molecule has 0 aliphatic heterocycles. The lowest BCUT2D eigenvalue weighted by Crippen LogP contribution is -2.14. The summed E-state index contributed by atoms with van der Waals surface area (Å²) >= 11 is 1.18. The fraction of sp³-hybridized carbons (Fsp3) is 0.118. The van der Waals surface area contributed by atoms with E-state index in [1.165, 1.54) is 23.9 Å². The number of aromatic nitrogens is 4. The van der Waals surface area contributed by atoms with Crippen molar-refractivity contribution in [2.75, 3.05) is 16.5 Å². The quantitative estimate of drug-likeness (QED) is 0.328. The first-order valence-corrected chi connectivity index (χ1v) is 8.91. The molecule has 0 fully saturated rings.